The second-order valence-corrected chi connectivity index (χ2v) is 5.84. The van der Waals surface area contributed by atoms with Crippen LogP contribution in [-0.4, -0.2) is 16.9 Å². The Morgan fingerprint density at radius 2 is 2.12 bits per heavy atom. The van der Waals surface area contributed by atoms with Gasteiger partial charge in [-0.1, -0.05) is 26.0 Å². The molecule has 0 radical (unpaired) electrons. The van der Waals surface area contributed by atoms with Crippen molar-refractivity contribution in [2.45, 2.75) is 39.7 Å². The highest BCUT2D eigenvalue weighted by Crippen LogP contribution is 2.37. The zero-order valence-electron chi connectivity index (χ0n) is 10.5. The molecule has 0 bridgehead atoms. The third-order valence-electron chi connectivity index (χ3n) is 3.17. The van der Waals surface area contributed by atoms with Crippen LogP contribution in [0.4, 0.5) is 0 Å². The SMILES string of the molecule is C/C=C/C1NC(=S)NC2=C1C(=O)CC(C)(C)C2. The maximum Gasteiger partial charge on any atom is 0.171 e. The normalized spacial score (nSPS) is 27.8. The first-order valence-electron chi connectivity index (χ1n) is 5.89. The van der Waals surface area contributed by atoms with Crippen LogP contribution < -0.4 is 10.6 Å². The molecule has 0 amide bonds. The van der Waals surface area contributed by atoms with Gasteiger partial charge < -0.3 is 10.6 Å². The summed E-state index contributed by atoms with van der Waals surface area (Å²) in [5, 5.41) is 6.88. The molecule has 4 heteroatoms. The van der Waals surface area contributed by atoms with E-state index in [4.69, 9.17) is 12.2 Å². The first-order chi connectivity index (χ1) is 7.93. The van der Waals surface area contributed by atoms with Gasteiger partial charge >= 0.3 is 0 Å². The van der Waals surface area contributed by atoms with Crippen LogP contribution in [0.15, 0.2) is 23.4 Å². The van der Waals surface area contributed by atoms with Crippen molar-refractivity contribution in [3.63, 3.8) is 0 Å². The molecule has 92 valence electrons. The number of rotatable bonds is 1. The molecule has 0 spiro atoms. The molecule has 1 heterocycles. The van der Waals surface area contributed by atoms with Gasteiger partial charge in [-0.15, -0.1) is 0 Å². The van der Waals surface area contributed by atoms with E-state index in [2.05, 4.69) is 24.5 Å². The molecule has 0 aromatic rings. The molecule has 2 rings (SSSR count). The zero-order valence-corrected chi connectivity index (χ0v) is 11.3. The number of Topliss-reactive ketones (excluding diaryl/α,β-unsaturated/α-hetero) is 1. The molecular weight excluding hydrogens is 232 g/mol. The van der Waals surface area contributed by atoms with Crippen molar-refractivity contribution < 1.29 is 4.79 Å². The molecular formula is C13H18N2OS. The Kier molecular flexibility index (Phi) is 3.08. The van der Waals surface area contributed by atoms with Crippen molar-refractivity contribution in [2.75, 3.05) is 0 Å². The minimum Gasteiger partial charge on any atom is -0.352 e. The van der Waals surface area contributed by atoms with E-state index in [1.165, 1.54) is 0 Å². The summed E-state index contributed by atoms with van der Waals surface area (Å²) in [6.45, 7) is 6.18. The Bertz CT molecular complexity index is 435. The smallest absolute Gasteiger partial charge is 0.171 e. The van der Waals surface area contributed by atoms with E-state index in [1.807, 2.05) is 19.1 Å². The predicted molar refractivity (Wildman–Crippen MR) is 72.5 cm³/mol. The Morgan fingerprint density at radius 3 is 2.76 bits per heavy atom. The highest BCUT2D eigenvalue weighted by molar-refractivity contribution is 7.80. The molecule has 0 saturated heterocycles. The Hall–Kier alpha value is -1.16. The van der Waals surface area contributed by atoms with Gasteiger partial charge in [0.15, 0.2) is 10.9 Å². The van der Waals surface area contributed by atoms with Crippen molar-refractivity contribution in [2.24, 2.45) is 5.41 Å². The number of carbonyl (C=O) groups excluding carboxylic acids is 1. The fraction of sp³-hybridized carbons (Fsp3) is 0.538. The van der Waals surface area contributed by atoms with Crippen LogP contribution in [-0.2, 0) is 4.79 Å². The monoisotopic (exact) mass is 250 g/mol. The average Bonchev–Trinajstić information content (AvgIpc) is 2.13. The first kappa shape index (κ1) is 12.3. The maximum absolute atomic E-state index is 12.2. The second kappa shape index (κ2) is 4.26. The lowest BCUT2D eigenvalue weighted by Gasteiger charge is -2.38. The number of hydrogen-bond donors (Lipinski definition) is 2. The first-order valence-corrected chi connectivity index (χ1v) is 6.30. The average molecular weight is 250 g/mol. The van der Waals surface area contributed by atoms with Crippen LogP contribution in [0.2, 0.25) is 0 Å². The van der Waals surface area contributed by atoms with E-state index in [1.54, 1.807) is 0 Å². The summed E-state index contributed by atoms with van der Waals surface area (Å²) in [7, 11) is 0. The molecule has 1 atom stereocenters. The lowest BCUT2D eigenvalue weighted by Crippen LogP contribution is -2.51. The van der Waals surface area contributed by atoms with Crippen LogP contribution >= 0.6 is 12.2 Å². The van der Waals surface area contributed by atoms with Gasteiger partial charge in [-0.25, -0.2) is 0 Å². The molecule has 2 aliphatic rings. The van der Waals surface area contributed by atoms with Crippen molar-refractivity contribution in [1.29, 1.82) is 0 Å². The van der Waals surface area contributed by atoms with Gasteiger partial charge in [0.05, 0.1) is 6.04 Å². The van der Waals surface area contributed by atoms with Crippen LogP contribution in [0.3, 0.4) is 0 Å². The number of carbonyl (C=O) groups is 1. The Balaban J connectivity index is 2.42. The summed E-state index contributed by atoms with van der Waals surface area (Å²) in [4.78, 5) is 12.2. The second-order valence-electron chi connectivity index (χ2n) is 5.44. The third kappa shape index (κ3) is 2.41. The molecule has 0 aromatic carbocycles. The van der Waals surface area contributed by atoms with Gasteiger partial charge in [-0.05, 0) is 31.0 Å². The summed E-state index contributed by atoms with van der Waals surface area (Å²) >= 11 is 5.18. The van der Waals surface area contributed by atoms with Gasteiger partial charge in [0.2, 0.25) is 0 Å². The molecule has 3 nitrogen and oxygen atoms in total. The molecule has 0 aromatic heterocycles. The molecule has 1 aliphatic heterocycles. The van der Waals surface area contributed by atoms with Gasteiger partial charge in [0.25, 0.3) is 0 Å². The number of nitrogens with one attached hydrogen (secondary N) is 2. The van der Waals surface area contributed by atoms with Crippen molar-refractivity contribution >= 4 is 23.1 Å². The molecule has 1 unspecified atom stereocenters. The van der Waals surface area contributed by atoms with Crippen LogP contribution in [0.5, 0.6) is 0 Å². The van der Waals surface area contributed by atoms with Crippen molar-refractivity contribution in [1.82, 2.24) is 10.6 Å². The standard InChI is InChI=1S/C13H18N2OS/c1-4-5-8-11-9(15-12(17)14-8)6-13(2,3)7-10(11)16/h4-5,8H,6-7H2,1-3H3,(H2,14,15,17)/b5-4+. The lowest BCUT2D eigenvalue weighted by atomic mass is 9.74. The van der Waals surface area contributed by atoms with E-state index < -0.39 is 0 Å². The highest BCUT2D eigenvalue weighted by atomic mass is 32.1. The fourth-order valence-corrected chi connectivity index (χ4v) is 2.78. The highest BCUT2D eigenvalue weighted by Gasteiger charge is 2.38. The van der Waals surface area contributed by atoms with Gasteiger partial charge in [-0.2, -0.15) is 0 Å². The largest absolute Gasteiger partial charge is 0.352 e. The van der Waals surface area contributed by atoms with E-state index >= 15 is 0 Å². The van der Waals surface area contributed by atoms with E-state index in [0.29, 0.717) is 11.5 Å². The van der Waals surface area contributed by atoms with Gasteiger partial charge in [-0.3, -0.25) is 4.79 Å². The topological polar surface area (TPSA) is 41.1 Å². The Labute approximate surface area is 107 Å². The summed E-state index contributed by atoms with van der Waals surface area (Å²) in [5.74, 6) is 0.224. The molecule has 2 N–H and O–H groups in total. The Morgan fingerprint density at radius 1 is 1.41 bits per heavy atom. The van der Waals surface area contributed by atoms with Crippen LogP contribution in [0.1, 0.15) is 33.6 Å². The number of ketones is 1. The molecule has 17 heavy (non-hydrogen) atoms. The minimum absolute atomic E-state index is 0.0242. The molecule has 0 fully saturated rings. The number of thiocarbonyl (C=S) groups is 1. The van der Waals surface area contributed by atoms with Crippen LogP contribution in [0.25, 0.3) is 0 Å². The minimum atomic E-state index is -0.0626. The zero-order chi connectivity index (χ0) is 12.6. The fourth-order valence-electron chi connectivity index (χ4n) is 2.53. The quantitative estimate of drug-likeness (QED) is 0.552. The summed E-state index contributed by atoms with van der Waals surface area (Å²) < 4.78 is 0. The van der Waals surface area contributed by atoms with Crippen LogP contribution in [0, 0.1) is 5.41 Å². The van der Waals surface area contributed by atoms with Gasteiger partial charge in [0, 0.05) is 17.7 Å². The summed E-state index contributed by atoms with van der Waals surface area (Å²) in [6.07, 6.45) is 5.42. The predicted octanol–water partition coefficient (Wildman–Crippen LogP) is 2.05. The lowest BCUT2D eigenvalue weighted by molar-refractivity contribution is -0.118. The number of hydrogen-bond acceptors (Lipinski definition) is 2. The summed E-state index contributed by atoms with van der Waals surface area (Å²) in [6, 6.07) is -0.0626. The van der Waals surface area contributed by atoms with Crippen molar-refractivity contribution in [3.8, 4) is 0 Å². The third-order valence-corrected chi connectivity index (χ3v) is 3.39. The maximum atomic E-state index is 12.2. The molecule has 0 saturated carbocycles. The number of allylic oxidation sites excluding steroid dienone is 2. The van der Waals surface area contributed by atoms with E-state index in [0.717, 1.165) is 17.7 Å². The van der Waals surface area contributed by atoms with E-state index in [9.17, 15) is 4.79 Å². The van der Waals surface area contributed by atoms with E-state index in [-0.39, 0.29) is 17.2 Å². The van der Waals surface area contributed by atoms with Crippen molar-refractivity contribution in [3.05, 3.63) is 23.4 Å². The summed E-state index contributed by atoms with van der Waals surface area (Å²) in [5.41, 5.74) is 1.88. The molecule has 1 aliphatic carbocycles. The van der Waals surface area contributed by atoms with Gasteiger partial charge in [0.1, 0.15) is 0 Å².